The fourth-order valence-corrected chi connectivity index (χ4v) is 1.72. The summed E-state index contributed by atoms with van der Waals surface area (Å²) in [5.74, 6) is -0.233. The van der Waals surface area contributed by atoms with Crippen molar-refractivity contribution in [2.75, 3.05) is 6.54 Å². The van der Waals surface area contributed by atoms with Gasteiger partial charge in [-0.2, -0.15) is 0 Å². The zero-order chi connectivity index (χ0) is 15.2. The van der Waals surface area contributed by atoms with Crippen LogP contribution in [0.25, 0.3) is 11.5 Å². The van der Waals surface area contributed by atoms with Gasteiger partial charge in [-0.3, -0.25) is 9.59 Å². The summed E-state index contributed by atoms with van der Waals surface area (Å²) in [7, 11) is 0. The highest BCUT2D eigenvalue weighted by molar-refractivity contribution is 5.94. The van der Waals surface area contributed by atoms with Crippen molar-refractivity contribution in [3.05, 3.63) is 35.7 Å². The Bertz CT molecular complexity index is 634. The highest BCUT2D eigenvalue weighted by atomic mass is 16.4. The molecule has 0 atom stereocenters. The first kappa shape index (κ1) is 14.7. The molecule has 0 aliphatic heterocycles. The molecule has 1 heterocycles. The third-order valence-electron chi connectivity index (χ3n) is 2.77. The lowest BCUT2D eigenvalue weighted by Gasteiger charge is -2.04. The molecule has 0 aliphatic carbocycles. The van der Waals surface area contributed by atoms with Crippen molar-refractivity contribution in [3.63, 3.8) is 0 Å². The summed E-state index contributed by atoms with van der Waals surface area (Å²) in [4.78, 5) is 22.2. The van der Waals surface area contributed by atoms with Crippen LogP contribution in [0, 0.1) is 6.92 Å². The second-order valence-electron chi connectivity index (χ2n) is 4.46. The lowest BCUT2D eigenvalue weighted by atomic mass is 10.1. The number of benzene rings is 1. The number of aliphatic carboxylic acids is 1. The molecule has 21 heavy (non-hydrogen) atoms. The number of rotatable bonds is 6. The van der Waals surface area contributed by atoms with E-state index in [0.717, 1.165) is 5.56 Å². The molecule has 2 N–H and O–H groups in total. The SMILES string of the molecule is Cc1nnc(-c2ccc(C(=O)NCCCC(=O)O)cc2)o1. The molecule has 0 saturated carbocycles. The summed E-state index contributed by atoms with van der Waals surface area (Å²) in [6.45, 7) is 2.03. The van der Waals surface area contributed by atoms with E-state index in [9.17, 15) is 9.59 Å². The zero-order valence-corrected chi connectivity index (χ0v) is 11.5. The Labute approximate surface area is 121 Å². The van der Waals surface area contributed by atoms with Crippen molar-refractivity contribution < 1.29 is 19.1 Å². The van der Waals surface area contributed by atoms with Crippen molar-refractivity contribution in [3.8, 4) is 11.5 Å². The molecule has 1 aromatic carbocycles. The van der Waals surface area contributed by atoms with Crippen LogP contribution in [-0.2, 0) is 4.79 Å². The molecule has 1 amide bonds. The number of nitrogens with zero attached hydrogens (tertiary/aromatic N) is 2. The molecule has 0 radical (unpaired) electrons. The third kappa shape index (κ3) is 4.13. The highest BCUT2D eigenvalue weighted by Crippen LogP contribution is 2.18. The summed E-state index contributed by atoms with van der Waals surface area (Å²) < 4.78 is 5.29. The highest BCUT2D eigenvalue weighted by Gasteiger charge is 2.09. The average Bonchev–Trinajstić information content (AvgIpc) is 2.90. The Morgan fingerprint density at radius 2 is 1.95 bits per heavy atom. The van der Waals surface area contributed by atoms with E-state index in [1.165, 1.54) is 0 Å². The monoisotopic (exact) mass is 289 g/mol. The Hall–Kier alpha value is -2.70. The third-order valence-corrected chi connectivity index (χ3v) is 2.77. The summed E-state index contributed by atoms with van der Waals surface area (Å²) in [6, 6.07) is 6.75. The van der Waals surface area contributed by atoms with Gasteiger partial charge in [-0.15, -0.1) is 10.2 Å². The molecule has 2 rings (SSSR count). The minimum atomic E-state index is -0.872. The minimum Gasteiger partial charge on any atom is -0.481 e. The summed E-state index contributed by atoms with van der Waals surface area (Å²) in [5, 5.41) is 18.8. The lowest BCUT2D eigenvalue weighted by Crippen LogP contribution is -2.24. The number of hydrogen-bond acceptors (Lipinski definition) is 5. The standard InChI is InChI=1S/C14H15N3O4/c1-9-16-17-14(21-9)11-6-4-10(5-7-11)13(20)15-8-2-3-12(18)19/h4-7H,2-3,8H2,1H3,(H,15,20)(H,18,19). The minimum absolute atomic E-state index is 0.0374. The molecule has 0 unspecified atom stereocenters. The van der Waals surface area contributed by atoms with Gasteiger partial charge in [0, 0.05) is 31.0 Å². The predicted molar refractivity (Wildman–Crippen MR) is 73.7 cm³/mol. The summed E-state index contributed by atoms with van der Waals surface area (Å²) in [6.07, 6.45) is 0.441. The van der Waals surface area contributed by atoms with Crippen LogP contribution in [0.1, 0.15) is 29.1 Å². The Morgan fingerprint density at radius 3 is 2.52 bits per heavy atom. The van der Waals surface area contributed by atoms with E-state index < -0.39 is 5.97 Å². The largest absolute Gasteiger partial charge is 0.481 e. The predicted octanol–water partition coefficient (Wildman–Crippen LogP) is 1.64. The van der Waals surface area contributed by atoms with Gasteiger partial charge in [0.2, 0.25) is 11.8 Å². The van der Waals surface area contributed by atoms with Crippen molar-refractivity contribution in [1.82, 2.24) is 15.5 Å². The van der Waals surface area contributed by atoms with Crippen LogP contribution in [0.15, 0.2) is 28.7 Å². The number of aromatic nitrogens is 2. The fourth-order valence-electron chi connectivity index (χ4n) is 1.72. The average molecular weight is 289 g/mol. The van der Waals surface area contributed by atoms with E-state index >= 15 is 0 Å². The molecule has 0 saturated heterocycles. The Balaban J connectivity index is 1.92. The van der Waals surface area contributed by atoms with E-state index in [0.29, 0.717) is 30.3 Å². The first-order valence-electron chi connectivity index (χ1n) is 6.47. The van der Waals surface area contributed by atoms with Crippen molar-refractivity contribution in [2.24, 2.45) is 0 Å². The first-order chi connectivity index (χ1) is 10.1. The maximum absolute atomic E-state index is 11.8. The maximum atomic E-state index is 11.8. The lowest BCUT2D eigenvalue weighted by molar-refractivity contribution is -0.137. The molecule has 110 valence electrons. The van der Waals surface area contributed by atoms with E-state index in [4.69, 9.17) is 9.52 Å². The van der Waals surface area contributed by atoms with Crippen molar-refractivity contribution in [2.45, 2.75) is 19.8 Å². The number of hydrogen-bond donors (Lipinski definition) is 2. The second-order valence-corrected chi connectivity index (χ2v) is 4.46. The number of aryl methyl sites for hydroxylation is 1. The molecule has 7 nitrogen and oxygen atoms in total. The molecular weight excluding hydrogens is 274 g/mol. The fraction of sp³-hybridized carbons (Fsp3) is 0.286. The number of nitrogens with one attached hydrogen (secondary N) is 1. The molecule has 0 spiro atoms. The normalized spacial score (nSPS) is 10.3. The van der Waals surface area contributed by atoms with Gasteiger partial charge >= 0.3 is 5.97 Å². The van der Waals surface area contributed by atoms with E-state index in [1.54, 1.807) is 31.2 Å². The van der Waals surface area contributed by atoms with Gasteiger partial charge in [-0.25, -0.2) is 0 Å². The van der Waals surface area contributed by atoms with Crippen LogP contribution < -0.4 is 5.32 Å². The maximum Gasteiger partial charge on any atom is 0.303 e. The first-order valence-corrected chi connectivity index (χ1v) is 6.47. The number of carboxylic acids is 1. The molecular formula is C14H15N3O4. The van der Waals surface area contributed by atoms with Crippen molar-refractivity contribution in [1.29, 1.82) is 0 Å². The van der Waals surface area contributed by atoms with Crippen LogP contribution in [0.3, 0.4) is 0 Å². The van der Waals surface area contributed by atoms with E-state index in [1.807, 2.05) is 0 Å². The quantitative estimate of drug-likeness (QED) is 0.783. The topological polar surface area (TPSA) is 105 Å². The van der Waals surface area contributed by atoms with Crippen LogP contribution >= 0.6 is 0 Å². The van der Waals surface area contributed by atoms with Crippen molar-refractivity contribution >= 4 is 11.9 Å². The number of amides is 1. The van der Waals surface area contributed by atoms with Gasteiger partial charge < -0.3 is 14.8 Å². The van der Waals surface area contributed by atoms with Crippen LogP contribution in [0.4, 0.5) is 0 Å². The number of carbonyl (C=O) groups excluding carboxylic acids is 1. The van der Waals surface area contributed by atoms with E-state index in [2.05, 4.69) is 15.5 Å². The molecule has 7 heteroatoms. The zero-order valence-electron chi connectivity index (χ0n) is 11.5. The van der Waals surface area contributed by atoms with Gasteiger partial charge in [0.05, 0.1) is 0 Å². The Kier molecular flexibility index (Phi) is 4.65. The summed E-state index contributed by atoms with van der Waals surface area (Å²) in [5.41, 5.74) is 1.23. The summed E-state index contributed by atoms with van der Waals surface area (Å²) >= 11 is 0. The van der Waals surface area contributed by atoms with Crippen LogP contribution in [0.5, 0.6) is 0 Å². The molecule has 0 bridgehead atoms. The van der Waals surface area contributed by atoms with Gasteiger partial charge in [0.15, 0.2) is 0 Å². The smallest absolute Gasteiger partial charge is 0.303 e. The van der Waals surface area contributed by atoms with Gasteiger partial charge in [-0.05, 0) is 30.7 Å². The van der Waals surface area contributed by atoms with Gasteiger partial charge in [0.1, 0.15) is 0 Å². The molecule has 2 aromatic rings. The molecule has 0 aliphatic rings. The van der Waals surface area contributed by atoms with Gasteiger partial charge in [0.25, 0.3) is 5.91 Å². The molecule has 0 fully saturated rings. The Morgan fingerprint density at radius 1 is 1.24 bits per heavy atom. The number of carbonyl (C=O) groups is 2. The van der Waals surface area contributed by atoms with E-state index in [-0.39, 0.29) is 12.3 Å². The second kappa shape index (κ2) is 6.65. The number of carboxylic acid groups (broad SMARTS) is 1. The van der Waals surface area contributed by atoms with Crippen LogP contribution in [-0.4, -0.2) is 33.7 Å². The molecule has 1 aromatic heterocycles. The van der Waals surface area contributed by atoms with Crippen LogP contribution in [0.2, 0.25) is 0 Å². The van der Waals surface area contributed by atoms with Gasteiger partial charge in [-0.1, -0.05) is 0 Å².